The summed E-state index contributed by atoms with van der Waals surface area (Å²) in [6.07, 6.45) is -0.267. The summed E-state index contributed by atoms with van der Waals surface area (Å²) >= 11 is 0. The first kappa shape index (κ1) is 39.2. The molecule has 320 valence electrons. The van der Waals surface area contributed by atoms with Crippen LogP contribution in [0.4, 0.5) is 0 Å². The van der Waals surface area contributed by atoms with Gasteiger partial charge in [0.2, 0.25) is 5.95 Å². The molecule has 0 bridgehead atoms. The summed E-state index contributed by atoms with van der Waals surface area (Å²) in [7, 11) is 0. The van der Waals surface area contributed by atoms with Gasteiger partial charge in [-0.2, -0.15) is 0 Å². The first-order chi connectivity index (χ1) is 33.7. The molecule has 7 heteroatoms. The number of hydrogen-bond acceptors (Lipinski definition) is 5. The molecule has 1 N–H and O–H groups in total. The van der Waals surface area contributed by atoms with E-state index in [2.05, 4.69) is 203 Å². The van der Waals surface area contributed by atoms with Crippen molar-refractivity contribution in [3.8, 4) is 45.3 Å². The highest BCUT2D eigenvalue weighted by molar-refractivity contribution is 6.18. The quantitative estimate of drug-likeness (QED) is 0.165. The third-order valence-corrected chi connectivity index (χ3v) is 13.0. The monoisotopic (exact) mass is 871 g/mol. The minimum absolute atomic E-state index is 0.267. The van der Waals surface area contributed by atoms with E-state index in [1.165, 1.54) is 16.3 Å². The molecule has 0 aliphatic carbocycles. The van der Waals surface area contributed by atoms with Gasteiger partial charge in [-0.25, -0.2) is 20.0 Å². The fraction of sp³-hybridized carbons (Fsp3) is 0.0164. The van der Waals surface area contributed by atoms with Gasteiger partial charge in [0.1, 0.15) is 12.0 Å². The van der Waals surface area contributed by atoms with Gasteiger partial charge < -0.3 is 9.88 Å². The van der Waals surface area contributed by atoms with Crippen LogP contribution in [0.3, 0.4) is 0 Å². The van der Waals surface area contributed by atoms with Crippen molar-refractivity contribution in [2.75, 3.05) is 0 Å². The molecular weight excluding hydrogens is 831 g/mol. The van der Waals surface area contributed by atoms with E-state index < -0.39 is 0 Å². The number of para-hydroxylation sites is 2. The van der Waals surface area contributed by atoms with Crippen molar-refractivity contribution < 1.29 is 0 Å². The smallest absolute Gasteiger partial charge is 0.235 e. The van der Waals surface area contributed by atoms with E-state index in [0.29, 0.717) is 11.8 Å². The number of fused-ring (bicyclic) bond motifs is 6. The maximum Gasteiger partial charge on any atom is 0.235 e. The summed E-state index contributed by atoms with van der Waals surface area (Å²) in [6.45, 7) is 0. The topological polar surface area (TPSA) is 72.4 Å². The molecule has 0 saturated carbocycles. The highest BCUT2D eigenvalue weighted by Crippen LogP contribution is 2.41. The Morgan fingerprint density at radius 3 is 1.60 bits per heavy atom. The second kappa shape index (κ2) is 16.3. The Kier molecular flexibility index (Phi) is 9.42. The van der Waals surface area contributed by atoms with Gasteiger partial charge in [0.05, 0.1) is 33.5 Å². The zero-order valence-electron chi connectivity index (χ0n) is 36.8. The van der Waals surface area contributed by atoms with Crippen LogP contribution >= 0.6 is 0 Å². The SMILES string of the molecule is c1ccc(C2=NC(c3ccc(-n4c5ccccc5c5c(-c6ccc7c(c6)c6ccccc6n7-c6nc(-c7ccccc7)cc(-c7ccccc7)n6)cccc54)cc3)=NC(c3ccccc3)N2)cc1. The molecule has 13 rings (SSSR count). The van der Waals surface area contributed by atoms with Crippen LogP contribution < -0.4 is 5.32 Å². The normalized spacial score (nSPS) is 13.7. The van der Waals surface area contributed by atoms with Crippen LogP contribution in [0.5, 0.6) is 0 Å². The van der Waals surface area contributed by atoms with Gasteiger partial charge in [-0.05, 0) is 77.4 Å². The van der Waals surface area contributed by atoms with Crippen molar-refractivity contribution in [2.24, 2.45) is 9.98 Å². The molecule has 12 aromatic rings. The summed E-state index contributed by atoms with van der Waals surface area (Å²) in [5, 5.41) is 8.24. The lowest BCUT2D eigenvalue weighted by molar-refractivity contribution is 0.674. The van der Waals surface area contributed by atoms with Crippen LogP contribution in [0.25, 0.3) is 88.9 Å². The number of hydrogen-bond donors (Lipinski definition) is 1. The molecule has 0 saturated heterocycles. The molecule has 1 atom stereocenters. The van der Waals surface area contributed by atoms with Crippen LogP contribution in [-0.2, 0) is 0 Å². The van der Waals surface area contributed by atoms with E-state index in [9.17, 15) is 0 Å². The highest BCUT2D eigenvalue weighted by atomic mass is 15.2. The van der Waals surface area contributed by atoms with E-state index >= 15 is 0 Å². The van der Waals surface area contributed by atoms with E-state index in [0.717, 1.165) is 89.1 Å². The van der Waals surface area contributed by atoms with Crippen molar-refractivity contribution >= 4 is 55.3 Å². The minimum atomic E-state index is -0.267. The number of aliphatic imine (C=N–C) groups is 2. The molecule has 9 aromatic carbocycles. The molecule has 3 aromatic heterocycles. The van der Waals surface area contributed by atoms with Crippen molar-refractivity contribution in [2.45, 2.75) is 6.17 Å². The third kappa shape index (κ3) is 6.76. The van der Waals surface area contributed by atoms with E-state index in [1.807, 2.05) is 48.5 Å². The number of amidine groups is 2. The largest absolute Gasteiger partial charge is 0.344 e. The summed E-state index contributed by atoms with van der Waals surface area (Å²) < 4.78 is 4.59. The second-order valence-electron chi connectivity index (χ2n) is 17.1. The summed E-state index contributed by atoms with van der Waals surface area (Å²) in [6, 6.07) is 82.8. The van der Waals surface area contributed by atoms with Gasteiger partial charge in [-0.1, -0.05) is 176 Å². The lowest BCUT2D eigenvalue weighted by atomic mass is 9.98. The van der Waals surface area contributed by atoms with Crippen LogP contribution in [-0.4, -0.2) is 30.8 Å². The predicted octanol–water partition coefficient (Wildman–Crippen LogP) is 14.2. The standard InChI is InChI=1S/C61H41N7/c1-5-18-40(19-6-1)51-39-52(41-20-7-2-8-21-41)63-61(62-51)68-53-29-15-13-26-48(53)50-38-45(34-37-55(50)68)47-28-17-31-56-57(47)49-27-14-16-30-54(49)67(56)46-35-32-44(33-36-46)60-65-58(42-22-9-3-10-23-42)64-59(66-60)43-24-11-4-12-25-43/h1-39,58H,(H,64,65,66). The van der Waals surface area contributed by atoms with Crippen LogP contribution in [0.1, 0.15) is 22.9 Å². The second-order valence-corrected chi connectivity index (χ2v) is 17.1. The highest BCUT2D eigenvalue weighted by Gasteiger charge is 2.23. The molecule has 68 heavy (non-hydrogen) atoms. The molecule has 0 fully saturated rings. The van der Waals surface area contributed by atoms with Crippen LogP contribution in [0.15, 0.2) is 247 Å². The number of nitrogens with one attached hydrogen (secondary N) is 1. The van der Waals surface area contributed by atoms with Crippen molar-refractivity contribution in [1.82, 2.24) is 24.4 Å². The Balaban J connectivity index is 0.930. The lowest BCUT2D eigenvalue weighted by Crippen LogP contribution is -2.33. The Morgan fingerprint density at radius 1 is 0.382 bits per heavy atom. The van der Waals surface area contributed by atoms with Crippen molar-refractivity contribution in [1.29, 1.82) is 0 Å². The van der Waals surface area contributed by atoms with Crippen molar-refractivity contribution in [3.05, 3.63) is 253 Å². The number of aromatic nitrogens is 4. The van der Waals surface area contributed by atoms with Crippen LogP contribution in [0.2, 0.25) is 0 Å². The first-order valence-corrected chi connectivity index (χ1v) is 22.9. The number of nitrogens with zero attached hydrogens (tertiary/aromatic N) is 6. The molecule has 4 heterocycles. The molecular formula is C61H41N7. The zero-order chi connectivity index (χ0) is 45.0. The molecule has 0 spiro atoms. The summed E-state index contributed by atoms with van der Waals surface area (Å²) in [5.74, 6) is 2.12. The molecule has 0 radical (unpaired) electrons. The van der Waals surface area contributed by atoms with Gasteiger partial charge in [0.15, 0.2) is 5.84 Å². The van der Waals surface area contributed by atoms with Gasteiger partial charge in [0, 0.05) is 49.5 Å². The van der Waals surface area contributed by atoms with Gasteiger partial charge in [-0.15, -0.1) is 0 Å². The first-order valence-electron chi connectivity index (χ1n) is 22.9. The molecule has 1 aliphatic heterocycles. The fourth-order valence-corrected chi connectivity index (χ4v) is 9.83. The van der Waals surface area contributed by atoms with Gasteiger partial charge in [0.25, 0.3) is 0 Å². The third-order valence-electron chi connectivity index (χ3n) is 13.0. The molecule has 7 nitrogen and oxygen atoms in total. The van der Waals surface area contributed by atoms with Crippen molar-refractivity contribution in [3.63, 3.8) is 0 Å². The lowest BCUT2D eigenvalue weighted by Gasteiger charge is -2.23. The van der Waals surface area contributed by atoms with Gasteiger partial charge in [-0.3, -0.25) is 4.57 Å². The Hall–Kier alpha value is -9.20. The summed E-state index contributed by atoms with van der Waals surface area (Å²) in [5.41, 5.74) is 14.6. The Morgan fingerprint density at radius 2 is 0.926 bits per heavy atom. The maximum absolute atomic E-state index is 5.26. The predicted molar refractivity (Wildman–Crippen MR) is 279 cm³/mol. The van der Waals surface area contributed by atoms with Crippen LogP contribution in [0, 0.1) is 0 Å². The van der Waals surface area contributed by atoms with E-state index in [-0.39, 0.29) is 6.17 Å². The maximum atomic E-state index is 5.26. The molecule has 0 amide bonds. The van der Waals surface area contributed by atoms with Gasteiger partial charge >= 0.3 is 0 Å². The summed E-state index contributed by atoms with van der Waals surface area (Å²) in [4.78, 5) is 20.7. The average Bonchev–Trinajstić information content (AvgIpc) is 3.94. The minimum Gasteiger partial charge on any atom is -0.344 e. The van der Waals surface area contributed by atoms with E-state index in [1.54, 1.807) is 0 Å². The molecule has 1 aliphatic rings. The Labute approximate surface area is 392 Å². The van der Waals surface area contributed by atoms with E-state index in [4.69, 9.17) is 20.0 Å². The Bertz CT molecular complexity index is 3850. The number of rotatable bonds is 8. The fourth-order valence-electron chi connectivity index (χ4n) is 9.83. The molecule has 1 unspecified atom stereocenters. The zero-order valence-corrected chi connectivity index (χ0v) is 36.8. The number of benzene rings is 9. The average molecular weight is 872 g/mol.